The van der Waals surface area contributed by atoms with Gasteiger partial charge in [-0.25, -0.2) is 4.79 Å². The third kappa shape index (κ3) is 5.05. The fourth-order valence-electron chi connectivity index (χ4n) is 3.95. The number of piperidine rings is 1. The van der Waals surface area contributed by atoms with E-state index in [4.69, 9.17) is 9.47 Å². The summed E-state index contributed by atoms with van der Waals surface area (Å²) in [6.07, 6.45) is 4.50. The molecule has 3 heterocycles. The zero-order valence-corrected chi connectivity index (χ0v) is 17.8. The van der Waals surface area contributed by atoms with Gasteiger partial charge >= 0.3 is 6.03 Å². The number of aromatic nitrogens is 1. The molecule has 1 aromatic rings. The van der Waals surface area contributed by atoms with Crippen molar-refractivity contribution in [2.45, 2.75) is 57.3 Å². The molecule has 160 valence electrons. The summed E-state index contributed by atoms with van der Waals surface area (Å²) >= 11 is 0. The number of amides is 3. The van der Waals surface area contributed by atoms with Crippen LogP contribution in [0, 0.1) is 0 Å². The molecule has 3 amide bonds. The first-order chi connectivity index (χ1) is 13.8. The Morgan fingerprint density at radius 2 is 1.86 bits per heavy atom. The number of carbonyl (C=O) groups is 2. The van der Waals surface area contributed by atoms with Crippen LogP contribution in [0.15, 0.2) is 24.5 Å². The van der Waals surface area contributed by atoms with E-state index in [2.05, 4.69) is 10.3 Å². The standard InChI is InChI=1S/C21H32N4O4/c1-21(2,3)23-20(27)24-11-7-16(8-12-24)25-17(15-5-9-22-10-6-15)18(19(25)26)29-14-13-28-4/h5-6,9-10,16-18H,7-8,11-14H2,1-4H3,(H,23,27)/t17-,18+/m0/s1. The number of nitrogens with zero attached hydrogens (tertiary/aromatic N) is 3. The lowest BCUT2D eigenvalue weighted by molar-refractivity contribution is -0.183. The fraction of sp³-hybridized carbons (Fsp3) is 0.667. The highest BCUT2D eigenvalue weighted by atomic mass is 16.5. The molecular weight excluding hydrogens is 372 g/mol. The van der Waals surface area contributed by atoms with Gasteiger partial charge in [0.15, 0.2) is 6.10 Å². The molecule has 0 saturated carbocycles. The second-order valence-corrected chi connectivity index (χ2v) is 8.65. The lowest BCUT2D eigenvalue weighted by Crippen LogP contribution is -2.65. The van der Waals surface area contributed by atoms with Gasteiger partial charge in [-0.3, -0.25) is 9.78 Å². The first-order valence-electron chi connectivity index (χ1n) is 10.2. The third-order valence-corrected chi connectivity index (χ3v) is 5.34. The number of hydrogen-bond acceptors (Lipinski definition) is 5. The third-order valence-electron chi connectivity index (χ3n) is 5.34. The van der Waals surface area contributed by atoms with Gasteiger partial charge < -0.3 is 24.6 Å². The minimum atomic E-state index is -0.491. The molecule has 0 bridgehead atoms. The summed E-state index contributed by atoms with van der Waals surface area (Å²) in [5.74, 6) is 0.0144. The number of urea groups is 1. The van der Waals surface area contributed by atoms with E-state index >= 15 is 0 Å². The van der Waals surface area contributed by atoms with Crippen molar-refractivity contribution in [2.24, 2.45) is 0 Å². The van der Waals surface area contributed by atoms with Crippen LogP contribution in [0.4, 0.5) is 4.79 Å². The Kier molecular flexibility index (Phi) is 6.74. The van der Waals surface area contributed by atoms with Crippen LogP contribution in [-0.2, 0) is 14.3 Å². The van der Waals surface area contributed by atoms with Gasteiger partial charge in [-0.15, -0.1) is 0 Å². The van der Waals surface area contributed by atoms with Crippen molar-refractivity contribution >= 4 is 11.9 Å². The molecule has 2 aliphatic heterocycles. The van der Waals surface area contributed by atoms with Crippen molar-refractivity contribution in [1.82, 2.24) is 20.1 Å². The number of pyridine rings is 1. The first kappa shape index (κ1) is 21.5. The molecule has 0 spiro atoms. The Morgan fingerprint density at radius 3 is 2.45 bits per heavy atom. The number of likely N-dealkylation sites (tertiary alicyclic amines) is 2. The monoisotopic (exact) mass is 404 g/mol. The Morgan fingerprint density at radius 1 is 1.21 bits per heavy atom. The second kappa shape index (κ2) is 9.09. The number of carbonyl (C=O) groups excluding carboxylic acids is 2. The van der Waals surface area contributed by atoms with Gasteiger partial charge in [0.05, 0.1) is 19.3 Å². The maximum absolute atomic E-state index is 12.9. The quantitative estimate of drug-likeness (QED) is 0.579. The van der Waals surface area contributed by atoms with Crippen LogP contribution < -0.4 is 5.32 Å². The molecule has 2 atom stereocenters. The molecule has 0 aliphatic carbocycles. The molecule has 2 fully saturated rings. The molecule has 0 radical (unpaired) electrons. The molecule has 0 unspecified atom stereocenters. The normalized spacial score (nSPS) is 23.1. The van der Waals surface area contributed by atoms with Gasteiger partial charge in [-0.1, -0.05) is 0 Å². The zero-order valence-electron chi connectivity index (χ0n) is 17.8. The van der Waals surface area contributed by atoms with Crippen molar-refractivity contribution in [3.05, 3.63) is 30.1 Å². The van der Waals surface area contributed by atoms with E-state index in [-0.39, 0.29) is 29.6 Å². The predicted molar refractivity (Wildman–Crippen MR) is 108 cm³/mol. The van der Waals surface area contributed by atoms with E-state index in [1.54, 1.807) is 19.5 Å². The molecule has 1 aromatic heterocycles. The average molecular weight is 405 g/mol. The van der Waals surface area contributed by atoms with E-state index < -0.39 is 6.10 Å². The summed E-state index contributed by atoms with van der Waals surface area (Å²) in [4.78, 5) is 33.2. The summed E-state index contributed by atoms with van der Waals surface area (Å²) < 4.78 is 10.9. The number of rotatable bonds is 6. The highest BCUT2D eigenvalue weighted by molar-refractivity contribution is 5.89. The minimum Gasteiger partial charge on any atom is -0.382 e. The number of β-lactam (4-membered cyclic amide) rings is 1. The van der Waals surface area contributed by atoms with Gasteiger partial charge in [-0.05, 0) is 51.3 Å². The summed E-state index contributed by atoms with van der Waals surface area (Å²) in [5.41, 5.74) is 0.760. The van der Waals surface area contributed by atoms with Crippen LogP contribution in [0.3, 0.4) is 0 Å². The van der Waals surface area contributed by atoms with Crippen molar-refractivity contribution in [1.29, 1.82) is 0 Å². The number of ether oxygens (including phenoxy) is 2. The average Bonchev–Trinajstić information content (AvgIpc) is 2.69. The summed E-state index contributed by atoms with van der Waals surface area (Å²) in [7, 11) is 1.61. The van der Waals surface area contributed by atoms with Crippen molar-refractivity contribution in [3.8, 4) is 0 Å². The Hall–Kier alpha value is -2.19. The van der Waals surface area contributed by atoms with Gasteiger partial charge in [0.1, 0.15) is 0 Å². The van der Waals surface area contributed by atoms with Crippen LogP contribution >= 0.6 is 0 Å². The van der Waals surface area contributed by atoms with Gasteiger partial charge in [0.2, 0.25) is 0 Å². The van der Waals surface area contributed by atoms with E-state index in [9.17, 15) is 9.59 Å². The molecule has 3 rings (SSSR count). The van der Waals surface area contributed by atoms with Gasteiger partial charge in [-0.2, -0.15) is 0 Å². The molecule has 8 nitrogen and oxygen atoms in total. The molecule has 2 saturated heterocycles. The summed E-state index contributed by atoms with van der Waals surface area (Å²) in [6.45, 7) is 8.02. The van der Waals surface area contributed by atoms with Crippen molar-refractivity contribution in [3.63, 3.8) is 0 Å². The number of nitrogens with one attached hydrogen (secondary N) is 1. The summed E-state index contributed by atoms with van der Waals surface area (Å²) in [6, 6.07) is 3.80. The lowest BCUT2D eigenvalue weighted by Gasteiger charge is -2.52. The zero-order chi connectivity index (χ0) is 21.0. The smallest absolute Gasteiger partial charge is 0.317 e. The van der Waals surface area contributed by atoms with Crippen molar-refractivity contribution in [2.75, 3.05) is 33.4 Å². The van der Waals surface area contributed by atoms with E-state index in [0.29, 0.717) is 26.3 Å². The Balaban J connectivity index is 1.65. The highest BCUT2D eigenvalue weighted by Crippen LogP contribution is 2.40. The van der Waals surface area contributed by atoms with Gasteiger partial charge in [0.25, 0.3) is 5.91 Å². The maximum Gasteiger partial charge on any atom is 0.317 e. The molecule has 1 N–H and O–H groups in total. The van der Waals surface area contributed by atoms with E-state index in [1.165, 1.54) is 0 Å². The first-order valence-corrected chi connectivity index (χ1v) is 10.2. The highest BCUT2D eigenvalue weighted by Gasteiger charge is 2.52. The summed E-state index contributed by atoms with van der Waals surface area (Å²) in [5, 5.41) is 3.01. The van der Waals surface area contributed by atoms with Crippen LogP contribution in [-0.4, -0.2) is 77.8 Å². The number of hydrogen-bond donors (Lipinski definition) is 1. The lowest BCUT2D eigenvalue weighted by atomic mass is 9.86. The maximum atomic E-state index is 12.9. The van der Waals surface area contributed by atoms with Crippen LogP contribution in [0.5, 0.6) is 0 Å². The van der Waals surface area contributed by atoms with Crippen LogP contribution in [0.2, 0.25) is 0 Å². The Labute approximate surface area is 172 Å². The molecule has 2 aliphatic rings. The van der Waals surface area contributed by atoms with Crippen LogP contribution in [0.1, 0.15) is 45.2 Å². The molecule has 0 aromatic carbocycles. The van der Waals surface area contributed by atoms with Crippen LogP contribution in [0.25, 0.3) is 0 Å². The van der Waals surface area contributed by atoms with Gasteiger partial charge in [0, 0.05) is 44.2 Å². The fourth-order valence-corrected chi connectivity index (χ4v) is 3.95. The number of methoxy groups -OCH3 is 1. The molecule has 29 heavy (non-hydrogen) atoms. The second-order valence-electron chi connectivity index (χ2n) is 8.65. The van der Waals surface area contributed by atoms with Crippen molar-refractivity contribution < 1.29 is 19.1 Å². The predicted octanol–water partition coefficient (Wildman–Crippen LogP) is 1.97. The van der Waals surface area contributed by atoms with E-state index in [0.717, 1.165) is 18.4 Å². The Bertz CT molecular complexity index is 698. The molecular formula is C21H32N4O4. The van der Waals surface area contributed by atoms with E-state index in [1.807, 2.05) is 42.7 Å². The minimum absolute atomic E-state index is 0.0144. The molecule has 8 heteroatoms. The largest absolute Gasteiger partial charge is 0.382 e. The SMILES string of the molecule is COCCO[C@H]1C(=O)N(C2CCN(C(=O)NC(C)(C)C)CC2)[C@H]1c1ccncc1. The topological polar surface area (TPSA) is 84.0 Å².